The van der Waals surface area contributed by atoms with E-state index < -0.39 is 46.7 Å². The number of nitrogens with two attached hydrogens (primary N) is 1. The van der Waals surface area contributed by atoms with E-state index in [0.29, 0.717) is 18.0 Å². The van der Waals surface area contributed by atoms with Crippen LogP contribution in [-0.2, 0) is 36.1 Å². The van der Waals surface area contributed by atoms with Gasteiger partial charge in [-0.1, -0.05) is 23.7 Å². The van der Waals surface area contributed by atoms with Gasteiger partial charge < -0.3 is 5.32 Å². The Bertz CT molecular complexity index is 1230. The predicted molar refractivity (Wildman–Crippen MR) is 114 cm³/mol. The molecular weight excluding hydrogens is 472 g/mol. The third-order valence-electron chi connectivity index (χ3n) is 4.91. The Labute approximate surface area is 181 Å². The first kappa shape index (κ1) is 23.2. The lowest BCUT2D eigenvalue weighted by Crippen LogP contribution is -2.44. The van der Waals surface area contributed by atoms with Crippen LogP contribution in [0.5, 0.6) is 0 Å². The minimum absolute atomic E-state index is 0.00443. The molecule has 3 rings (SSSR count). The first-order valence-electron chi connectivity index (χ1n) is 8.93. The molecule has 0 amide bonds. The van der Waals surface area contributed by atoms with Gasteiger partial charge in [-0.2, -0.15) is 0 Å². The van der Waals surface area contributed by atoms with Crippen LogP contribution in [0.1, 0.15) is 5.56 Å². The van der Waals surface area contributed by atoms with Crippen molar-refractivity contribution in [3.8, 4) is 0 Å². The minimum atomic E-state index is -3.87. The fourth-order valence-electron chi connectivity index (χ4n) is 3.36. The van der Waals surface area contributed by atoms with Crippen molar-refractivity contribution in [2.75, 3.05) is 18.1 Å². The topological polar surface area (TPSA) is 140 Å². The van der Waals surface area contributed by atoms with Crippen molar-refractivity contribution in [1.82, 2.24) is 5.32 Å². The van der Waals surface area contributed by atoms with Gasteiger partial charge in [-0.15, -0.1) is 0 Å². The molecule has 0 radical (unpaired) electrons. The molecule has 0 unspecified atom stereocenters. The molecular formula is C18H21ClN2O6S3. The zero-order chi connectivity index (χ0) is 22.2. The molecule has 12 heteroatoms. The van der Waals surface area contributed by atoms with Crippen molar-refractivity contribution in [3.05, 3.63) is 59.1 Å². The Balaban J connectivity index is 1.71. The summed E-state index contributed by atoms with van der Waals surface area (Å²) in [6, 6.07) is 10.9. The zero-order valence-electron chi connectivity index (χ0n) is 15.7. The fraction of sp³-hybridized carbons (Fsp3) is 0.333. The summed E-state index contributed by atoms with van der Waals surface area (Å²) in [5.74, 6) is -0.715. The summed E-state index contributed by atoms with van der Waals surface area (Å²) >= 11 is 5.81. The molecule has 2 aromatic carbocycles. The molecule has 3 N–H and O–H groups in total. The van der Waals surface area contributed by atoms with Gasteiger partial charge in [0.1, 0.15) is 0 Å². The normalized spacial score (nSPS) is 21.5. The standard InChI is InChI=1S/C18H21ClN2O6S3/c19-14-3-7-15(8-4-14)29(24,25)18-12-28(22,23)11-17(18)21-10-9-13-1-5-16(6-2-13)30(20,26)27/h1-8,17-18,21H,9-12H2,(H2,20,26,27)/t17-,18-/m0/s1. The lowest BCUT2D eigenvalue weighted by atomic mass is 10.1. The number of primary sulfonamides is 1. The van der Waals surface area contributed by atoms with Crippen LogP contribution in [0, 0.1) is 0 Å². The first-order chi connectivity index (χ1) is 13.9. The molecule has 2 atom stereocenters. The maximum Gasteiger partial charge on any atom is 0.238 e. The largest absolute Gasteiger partial charge is 0.311 e. The van der Waals surface area contributed by atoms with Gasteiger partial charge in [0, 0.05) is 11.1 Å². The van der Waals surface area contributed by atoms with Gasteiger partial charge in [-0.3, -0.25) is 0 Å². The number of hydrogen-bond donors (Lipinski definition) is 2. The maximum absolute atomic E-state index is 13.0. The molecule has 0 aromatic heterocycles. The average molecular weight is 493 g/mol. The second-order valence-electron chi connectivity index (χ2n) is 7.11. The van der Waals surface area contributed by atoms with Crippen molar-refractivity contribution in [3.63, 3.8) is 0 Å². The number of sulfone groups is 2. The molecule has 0 aliphatic carbocycles. The van der Waals surface area contributed by atoms with E-state index in [2.05, 4.69) is 5.32 Å². The lowest BCUT2D eigenvalue weighted by Gasteiger charge is -2.20. The summed E-state index contributed by atoms with van der Waals surface area (Å²) < 4.78 is 72.9. The van der Waals surface area contributed by atoms with E-state index >= 15 is 0 Å². The summed E-state index contributed by atoms with van der Waals surface area (Å²) in [4.78, 5) is 0.0228. The number of rotatable bonds is 7. The van der Waals surface area contributed by atoms with Crippen LogP contribution in [0.2, 0.25) is 5.02 Å². The van der Waals surface area contributed by atoms with Gasteiger partial charge in [0.25, 0.3) is 0 Å². The monoisotopic (exact) mass is 492 g/mol. The van der Waals surface area contributed by atoms with E-state index in [1.54, 1.807) is 12.1 Å². The van der Waals surface area contributed by atoms with E-state index in [4.69, 9.17) is 16.7 Å². The zero-order valence-corrected chi connectivity index (χ0v) is 18.9. The number of hydrogen-bond acceptors (Lipinski definition) is 7. The third kappa shape index (κ3) is 5.40. The molecule has 1 heterocycles. The summed E-state index contributed by atoms with van der Waals surface area (Å²) in [6.45, 7) is 0.321. The minimum Gasteiger partial charge on any atom is -0.311 e. The van der Waals surface area contributed by atoms with Gasteiger partial charge in [0.2, 0.25) is 10.0 Å². The number of nitrogens with one attached hydrogen (secondary N) is 1. The van der Waals surface area contributed by atoms with Crippen molar-refractivity contribution in [2.45, 2.75) is 27.5 Å². The second-order valence-corrected chi connectivity index (χ2v) is 13.4. The first-order valence-corrected chi connectivity index (χ1v) is 14.2. The van der Waals surface area contributed by atoms with Crippen molar-refractivity contribution >= 4 is 41.3 Å². The molecule has 30 heavy (non-hydrogen) atoms. The Morgan fingerprint density at radius 1 is 0.933 bits per heavy atom. The van der Waals surface area contributed by atoms with E-state index in [9.17, 15) is 25.3 Å². The van der Waals surface area contributed by atoms with Crippen LogP contribution >= 0.6 is 11.6 Å². The van der Waals surface area contributed by atoms with E-state index in [1.807, 2.05) is 0 Å². The SMILES string of the molecule is NS(=O)(=O)c1ccc(CCN[C@H]2CS(=O)(=O)C[C@@H]2S(=O)(=O)c2ccc(Cl)cc2)cc1. The quantitative estimate of drug-likeness (QED) is 0.581. The van der Waals surface area contributed by atoms with Crippen LogP contribution in [0.15, 0.2) is 58.3 Å². The summed E-state index contributed by atoms with van der Waals surface area (Å²) in [7, 11) is -11.2. The molecule has 0 bridgehead atoms. The summed E-state index contributed by atoms with van der Waals surface area (Å²) in [6.07, 6.45) is 0.454. The van der Waals surface area contributed by atoms with Crippen LogP contribution in [0.25, 0.3) is 0 Å². The maximum atomic E-state index is 13.0. The summed E-state index contributed by atoms with van der Waals surface area (Å²) in [5, 5.41) is 7.39. The summed E-state index contributed by atoms with van der Waals surface area (Å²) in [5.41, 5.74) is 0.799. The highest BCUT2D eigenvalue weighted by Gasteiger charge is 2.45. The van der Waals surface area contributed by atoms with Crippen LogP contribution in [-0.4, -0.2) is 54.6 Å². The molecule has 0 saturated carbocycles. The highest BCUT2D eigenvalue weighted by Crippen LogP contribution is 2.27. The predicted octanol–water partition coefficient (Wildman–Crippen LogP) is 0.759. The number of halogens is 1. The molecule has 1 aliphatic rings. The van der Waals surface area contributed by atoms with Gasteiger partial charge in [0.05, 0.1) is 26.5 Å². The van der Waals surface area contributed by atoms with Crippen LogP contribution in [0.3, 0.4) is 0 Å². The second kappa shape index (κ2) is 8.56. The van der Waals surface area contributed by atoms with Crippen LogP contribution < -0.4 is 10.5 Å². The molecule has 2 aromatic rings. The molecule has 1 fully saturated rings. The van der Waals surface area contributed by atoms with Crippen molar-refractivity contribution in [1.29, 1.82) is 0 Å². The average Bonchev–Trinajstić information content (AvgIpc) is 2.97. The fourth-order valence-corrected chi connectivity index (χ4v) is 8.72. The Kier molecular flexibility index (Phi) is 6.61. The molecule has 8 nitrogen and oxygen atoms in total. The van der Waals surface area contributed by atoms with Gasteiger partial charge in [-0.05, 0) is 54.9 Å². The van der Waals surface area contributed by atoms with E-state index in [1.165, 1.54) is 36.4 Å². The molecule has 0 spiro atoms. The van der Waals surface area contributed by atoms with E-state index in [-0.39, 0.29) is 15.5 Å². The molecule has 164 valence electrons. The highest BCUT2D eigenvalue weighted by atomic mass is 35.5. The third-order valence-corrected chi connectivity index (χ3v) is 10.3. The van der Waals surface area contributed by atoms with Gasteiger partial charge in [-0.25, -0.2) is 30.4 Å². The van der Waals surface area contributed by atoms with Crippen molar-refractivity contribution in [2.24, 2.45) is 5.14 Å². The Morgan fingerprint density at radius 2 is 1.50 bits per heavy atom. The molecule has 1 aliphatic heterocycles. The molecule has 1 saturated heterocycles. The van der Waals surface area contributed by atoms with Gasteiger partial charge >= 0.3 is 0 Å². The highest BCUT2D eigenvalue weighted by molar-refractivity contribution is 7.96. The van der Waals surface area contributed by atoms with Gasteiger partial charge in [0.15, 0.2) is 19.7 Å². The number of sulfonamides is 1. The van der Waals surface area contributed by atoms with E-state index in [0.717, 1.165) is 5.56 Å². The Hall–Kier alpha value is -1.50. The van der Waals surface area contributed by atoms with Crippen molar-refractivity contribution < 1.29 is 25.3 Å². The smallest absolute Gasteiger partial charge is 0.238 e. The lowest BCUT2D eigenvalue weighted by molar-refractivity contribution is 0.528. The Morgan fingerprint density at radius 3 is 2.07 bits per heavy atom. The number of benzene rings is 2. The van der Waals surface area contributed by atoms with Crippen LogP contribution in [0.4, 0.5) is 0 Å².